The molecule has 0 spiro atoms. The third-order valence-electron chi connectivity index (χ3n) is 4.73. The van der Waals surface area contributed by atoms with Crippen LogP contribution < -0.4 is 8.92 Å². The van der Waals surface area contributed by atoms with E-state index in [1.807, 2.05) is 0 Å². The molecule has 0 unspecified atom stereocenters. The molecule has 0 saturated carbocycles. The van der Waals surface area contributed by atoms with Gasteiger partial charge in [0.25, 0.3) is 0 Å². The second-order valence-electron chi connectivity index (χ2n) is 6.71. The number of piperazine rings is 1. The molecule has 1 aliphatic heterocycles. The standard InChI is InChI=1S/C22H30N2Se2/c1-3-9-21(10-4-1)25-19-7-13-23-15-17-24(18-16-23)14-8-20-26-22-11-5-2-6-12-22/h1-6,9-12H,7-8,13-20H2. The molecule has 1 saturated heterocycles. The number of hydrogen-bond acceptors (Lipinski definition) is 2. The zero-order chi connectivity index (χ0) is 17.9. The molecule has 1 fully saturated rings. The Morgan fingerprint density at radius 1 is 0.577 bits per heavy atom. The van der Waals surface area contributed by atoms with Gasteiger partial charge in [0.15, 0.2) is 0 Å². The van der Waals surface area contributed by atoms with Crippen molar-refractivity contribution in [3.63, 3.8) is 0 Å². The van der Waals surface area contributed by atoms with E-state index in [0.717, 1.165) is 0 Å². The Bertz CT molecular complexity index is 543. The van der Waals surface area contributed by atoms with E-state index in [1.54, 1.807) is 8.92 Å². The Hall–Kier alpha value is -0.601. The molecule has 2 aromatic rings. The molecular weight excluding hydrogens is 450 g/mol. The fourth-order valence-corrected chi connectivity index (χ4v) is 6.83. The molecule has 3 rings (SSSR count). The number of rotatable bonds is 10. The Morgan fingerprint density at radius 2 is 0.962 bits per heavy atom. The maximum absolute atomic E-state index is 2.67. The van der Waals surface area contributed by atoms with Crippen LogP contribution in [0.4, 0.5) is 0 Å². The van der Waals surface area contributed by atoms with Crippen LogP contribution in [0.3, 0.4) is 0 Å². The van der Waals surface area contributed by atoms with Crippen molar-refractivity contribution in [2.75, 3.05) is 39.3 Å². The quantitative estimate of drug-likeness (QED) is 0.381. The fourth-order valence-electron chi connectivity index (χ4n) is 3.23. The molecule has 140 valence electrons. The number of benzene rings is 2. The first-order valence-electron chi connectivity index (χ1n) is 9.70. The minimum absolute atomic E-state index is 0.656. The Kier molecular flexibility index (Phi) is 9.28. The summed E-state index contributed by atoms with van der Waals surface area (Å²) in [7, 11) is 0. The first-order chi connectivity index (χ1) is 12.9. The molecule has 0 bridgehead atoms. The van der Waals surface area contributed by atoms with Crippen LogP contribution in [-0.2, 0) is 0 Å². The van der Waals surface area contributed by atoms with Gasteiger partial charge in [-0.1, -0.05) is 0 Å². The molecule has 0 atom stereocenters. The van der Waals surface area contributed by atoms with Crippen LogP contribution in [0.2, 0.25) is 10.6 Å². The zero-order valence-corrected chi connectivity index (χ0v) is 19.0. The van der Waals surface area contributed by atoms with E-state index in [0.29, 0.717) is 29.9 Å². The summed E-state index contributed by atoms with van der Waals surface area (Å²) in [6.45, 7) is 7.65. The average molecular weight is 480 g/mol. The molecule has 4 heteroatoms. The van der Waals surface area contributed by atoms with E-state index in [9.17, 15) is 0 Å². The van der Waals surface area contributed by atoms with Crippen molar-refractivity contribution in [3.8, 4) is 0 Å². The van der Waals surface area contributed by atoms with Gasteiger partial charge in [-0.15, -0.1) is 0 Å². The van der Waals surface area contributed by atoms with Crippen molar-refractivity contribution < 1.29 is 0 Å². The zero-order valence-electron chi connectivity index (χ0n) is 15.6. The first kappa shape index (κ1) is 20.1. The fraction of sp³-hybridized carbons (Fsp3) is 0.455. The minimum atomic E-state index is 0.656. The van der Waals surface area contributed by atoms with Crippen LogP contribution >= 0.6 is 0 Å². The van der Waals surface area contributed by atoms with Crippen LogP contribution in [0.1, 0.15) is 12.8 Å². The third-order valence-corrected chi connectivity index (χ3v) is 9.33. The van der Waals surface area contributed by atoms with Gasteiger partial charge in [-0.3, -0.25) is 0 Å². The third kappa shape index (κ3) is 7.56. The monoisotopic (exact) mass is 482 g/mol. The van der Waals surface area contributed by atoms with Gasteiger partial charge >= 0.3 is 172 Å². The van der Waals surface area contributed by atoms with E-state index in [-0.39, 0.29) is 0 Å². The van der Waals surface area contributed by atoms with Crippen LogP contribution in [0.5, 0.6) is 0 Å². The van der Waals surface area contributed by atoms with E-state index >= 15 is 0 Å². The summed E-state index contributed by atoms with van der Waals surface area (Å²) in [5.41, 5.74) is 0. The van der Waals surface area contributed by atoms with E-state index in [4.69, 9.17) is 0 Å². The van der Waals surface area contributed by atoms with Gasteiger partial charge in [0.1, 0.15) is 0 Å². The van der Waals surface area contributed by atoms with Crippen molar-refractivity contribution in [2.45, 2.75) is 23.5 Å². The van der Waals surface area contributed by atoms with Crippen molar-refractivity contribution >= 4 is 38.8 Å². The van der Waals surface area contributed by atoms with Crippen molar-refractivity contribution in [1.29, 1.82) is 0 Å². The maximum atomic E-state index is 2.67. The van der Waals surface area contributed by atoms with Gasteiger partial charge in [0, 0.05) is 0 Å². The molecule has 0 amide bonds. The Morgan fingerprint density at radius 3 is 1.35 bits per heavy atom. The summed E-state index contributed by atoms with van der Waals surface area (Å²) in [6, 6.07) is 22.0. The summed E-state index contributed by atoms with van der Waals surface area (Å²) >= 11 is 1.31. The van der Waals surface area contributed by atoms with Gasteiger partial charge in [-0.05, 0) is 0 Å². The van der Waals surface area contributed by atoms with E-state index < -0.39 is 0 Å². The molecule has 0 N–H and O–H groups in total. The molecule has 0 radical (unpaired) electrons. The van der Waals surface area contributed by atoms with Crippen molar-refractivity contribution in [1.82, 2.24) is 9.80 Å². The molecule has 2 aromatic carbocycles. The summed E-state index contributed by atoms with van der Waals surface area (Å²) in [5.74, 6) is 0. The molecule has 0 aromatic heterocycles. The molecule has 0 aliphatic carbocycles. The molecular formula is C22H30N2Se2. The average Bonchev–Trinajstić information content (AvgIpc) is 2.71. The second-order valence-corrected chi connectivity index (χ2v) is 11.6. The summed E-state index contributed by atoms with van der Waals surface area (Å²) < 4.78 is 3.09. The molecule has 1 heterocycles. The van der Waals surface area contributed by atoms with Crippen LogP contribution in [0, 0.1) is 0 Å². The van der Waals surface area contributed by atoms with Crippen molar-refractivity contribution in [3.05, 3.63) is 60.7 Å². The normalized spacial score (nSPS) is 16.0. The van der Waals surface area contributed by atoms with Gasteiger partial charge in [-0.25, -0.2) is 0 Å². The molecule has 2 nitrogen and oxygen atoms in total. The predicted molar refractivity (Wildman–Crippen MR) is 115 cm³/mol. The van der Waals surface area contributed by atoms with Crippen LogP contribution in [0.25, 0.3) is 0 Å². The molecule has 1 aliphatic rings. The topological polar surface area (TPSA) is 6.48 Å². The van der Waals surface area contributed by atoms with Gasteiger partial charge in [0.2, 0.25) is 0 Å². The SMILES string of the molecule is c1ccc([Se]CCCN2CCN(CCC[Se]c3ccccc3)CC2)cc1. The van der Waals surface area contributed by atoms with E-state index in [1.165, 1.54) is 62.7 Å². The van der Waals surface area contributed by atoms with E-state index in [2.05, 4.69) is 70.5 Å². The number of hydrogen-bond donors (Lipinski definition) is 0. The van der Waals surface area contributed by atoms with Crippen LogP contribution in [-0.4, -0.2) is 79.0 Å². The predicted octanol–water partition coefficient (Wildman–Crippen LogP) is 2.28. The Balaban J connectivity index is 1.20. The second kappa shape index (κ2) is 12.0. The number of nitrogens with zero attached hydrogens (tertiary/aromatic N) is 2. The Labute approximate surface area is 171 Å². The summed E-state index contributed by atoms with van der Waals surface area (Å²) in [4.78, 5) is 5.34. The van der Waals surface area contributed by atoms with Crippen LogP contribution in [0.15, 0.2) is 60.7 Å². The summed E-state index contributed by atoms with van der Waals surface area (Å²) in [5, 5.41) is 2.75. The van der Waals surface area contributed by atoms with Crippen molar-refractivity contribution in [2.24, 2.45) is 0 Å². The first-order valence-corrected chi connectivity index (χ1v) is 13.8. The van der Waals surface area contributed by atoms with Gasteiger partial charge < -0.3 is 0 Å². The molecule has 26 heavy (non-hydrogen) atoms. The van der Waals surface area contributed by atoms with Gasteiger partial charge in [0.05, 0.1) is 0 Å². The van der Waals surface area contributed by atoms with Gasteiger partial charge in [-0.2, -0.15) is 0 Å². The summed E-state index contributed by atoms with van der Waals surface area (Å²) in [6.07, 6.45) is 2.71.